The van der Waals surface area contributed by atoms with Crippen molar-refractivity contribution >= 4 is 5.78 Å². The molecule has 1 aromatic carbocycles. The zero-order chi connectivity index (χ0) is 14.8. The molecular weight excluding hydrogens is 262 g/mol. The number of aryl methyl sites for hydroxylation is 2. The zero-order valence-corrected chi connectivity index (χ0v) is 12.6. The Balaban J connectivity index is 1.70. The molecule has 0 radical (unpaired) electrons. The first-order chi connectivity index (χ1) is 10.2. The van der Waals surface area contributed by atoms with Crippen molar-refractivity contribution in [2.45, 2.75) is 38.8 Å². The normalized spacial score (nSPS) is 17.5. The van der Waals surface area contributed by atoms with Gasteiger partial charge in [0.05, 0.1) is 18.2 Å². The van der Waals surface area contributed by atoms with E-state index in [0.717, 1.165) is 30.8 Å². The lowest BCUT2D eigenvalue weighted by Gasteiger charge is -2.25. The highest BCUT2D eigenvalue weighted by Gasteiger charge is 2.24. The van der Waals surface area contributed by atoms with Gasteiger partial charge in [-0.3, -0.25) is 9.48 Å². The van der Waals surface area contributed by atoms with Crippen LogP contribution in [0.5, 0.6) is 0 Å². The van der Waals surface area contributed by atoms with Crippen molar-refractivity contribution in [2.24, 2.45) is 7.05 Å². The van der Waals surface area contributed by atoms with Gasteiger partial charge in [0.1, 0.15) is 0 Å². The van der Waals surface area contributed by atoms with Gasteiger partial charge < -0.3 is 5.32 Å². The van der Waals surface area contributed by atoms with Crippen LogP contribution >= 0.6 is 0 Å². The minimum absolute atomic E-state index is 0.0834. The maximum atomic E-state index is 12.5. The summed E-state index contributed by atoms with van der Waals surface area (Å²) >= 11 is 0. The van der Waals surface area contributed by atoms with Gasteiger partial charge in [-0.05, 0) is 30.0 Å². The summed E-state index contributed by atoms with van der Waals surface area (Å²) in [4.78, 5) is 12.5. The van der Waals surface area contributed by atoms with Gasteiger partial charge in [-0.15, -0.1) is 0 Å². The fourth-order valence-corrected chi connectivity index (χ4v) is 2.89. The maximum Gasteiger partial charge on any atom is 0.156 e. The highest BCUT2D eigenvalue weighted by atomic mass is 16.1. The number of hydrogen-bond donors (Lipinski definition) is 1. The Kier molecular flexibility index (Phi) is 3.88. The number of ketones is 1. The van der Waals surface area contributed by atoms with E-state index in [2.05, 4.69) is 29.5 Å². The maximum absolute atomic E-state index is 12.5. The highest BCUT2D eigenvalue weighted by molar-refractivity contribution is 5.86. The van der Waals surface area contributed by atoms with Gasteiger partial charge in [0.25, 0.3) is 0 Å². The van der Waals surface area contributed by atoms with Crippen molar-refractivity contribution in [1.29, 1.82) is 0 Å². The van der Waals surface area contributed by atoms with Crippen LogP contribution in [0.4, 0.5) is 0 Å². The molecule has 1 aliphatic rings. The predicted molar refractivity (Wildman–Crippen MR) is 82.1 cm³/mol. The first-order valence-corrected chi connectivity index (χ1v) is 7.52. The van der Waals surface area contributed by atoms with Crippen LogP contribution in [-0.2, 0) is 37.6 Å². The van der Waals surface area contributed by atoms with Crippen LogP contribution in [0.2, 0.25) is 0 Å². The third kappa shape index (κ3) is 2.90. The lowest BCUT2D eigenvalue weighted by Crippen LogP contribution is -2.42. The fourth-order valence-electron chi connectivity index (χ4n) is 2.89. The number of fused-ring (bicyclic) bond motifs is 1. The molecule has 1 aromatic heterocycles. The molecule has 1 unspecified atom stereocenters. The Morgan fingerprint density at radius 3 is 2.86 bits per heavy atom. The molecule has 1 N–H and O–H groups in total. The Labute approximate surface area is 125 Å². The standard InChI is InChI=1S/C17H21N3O/c1-3-14-9-15(20(2)19-14)10-17(21)16-8-12-6-4-5-7-13(12)11-18-16/h4-7,9,16,18H,3,8,10-11H2,1-2H3. The smallest absolute Gasteiger partial charge is 0.156 e. The molecule has 0 spiro atoms. The van der Waals surface area contributed by atoms with Crippen LogP contribution in [0.15, 0.2) is 30.3 Å². The number of hydrogen-bond acceptors (Lipinski definition) is 3. The van der Waals surface area contributed by atoms with Gasteiger partial charge in [0.15, 0.2) is 5.78 Å². The fraction of sp³-hybridized carbons (Fsp3) is 0.412. The Morgan fingerprint density at radius 1 is 1.38 bits per heavy atom. The van der Waals surface area contributed by atoms with Gasteiger partial charge in [0.2, 0.25) is 0 Å². The summed E-state index contributed by atoms with van der Waals surface area (Å²) in [6.07, 6.45) is 2.13. The largest absolute Gasteiger partial charge is 0.303 e. The first-order valence-electron chi connectivity index (χ1n) is 7.52. The third-order valence-corrected chi connectivity index (χ3v) is 4.21. The number of carbonyl (C=O) groups is 1. The van der Waals surface area contributed by atoms with Crippen LogP contribution in [0, 0.1) is 0 Å². The quantitative estimate of drug-likeness (QED) is 0.931. The van der Waals surface area contributed by atoms with Crippen LogP contribution in [0.25, 0.3) is 0 Å². The molecule has 1 aliphatic heterocycles. The van der Waals surface area contributed by atoms with Gasteiger partial charge in [-0.25, -0.2) is 0 Å². The van der Waals surface area contributed by atoms with Crippen LogP contribution in [0.1, 0.15) is 29.4 Å². The number of benzene rings is 1. The number of rotatable bonds is 4. The second-order valence-electron chi connectivity index (χ2n) is 5.65. The minimum Gasteiger partial charge on any atom is -0.303 e. The van der Waals surface area contributed by atoms with Crippen LogP contribution in [-0.4, -0.2) is 21.6 Å². The van der Waals surface area contributed by atoms with Gasteiger partial charge in [0, 0.05) is 19.3 Å². The zero-order valence-electron chi connectivity index (χ0n) is 12.6. The van der Waals surface area contributed by atoms with E-state index >= 15 is 0 Å². The van der Waals surface area contributed by atoms with E-state index in [1.807, 2.05) is 29.9 Å². The topological polar surface area (TPSA) is 46.9 Å². The van der Waals surface area contributed by atoms with Crippen molar-refractivity contribution in [3.8, 4) is 0 Å². The monoisotopic (exact) mass is 283 g/mol. The second-order valence-corrected chi connectivity index (χ2v) is 5.65. The molecular formula is C17H21N3O. The van der Waals surface area contributed by atoms with E-state index in [1.165, 1.54) is 11.1 Å². The summed E-state index contributed by atoms with van der Waals surface area (Å²) in [6.45, 7) is 2.85. The molecule has 4 nitrogen and oxygen atoms in total. The molecule has 0 fully saturated rings. The molecule has 3 rings (SSSR count). The molecule has 0 bridgehead atoms. The number of aromatic nitrogens is 2. The Bertz CT molecular complexity index is 660. The lowest BCUT2D eigenvalue weighted by molar-refractivity contribution is -0.120. The number of nitrogens with one attached hydrogen (secondary N) is 1. The molecule has 0 saturated heterocycles. The molecule has 0 amide bonds. The molecule has 110 valence electrons. The van der Waals surface area contributed by atoms with Crippen molar-refractivity contribution in [3.63, 3.8) is 0 Å². The summed E-state index contributed by atoms with van der Waals surface area (Å²) in [5.74, 6) is 0.246. The van der Waals surface area contributed by atoms with E-state index in [-0.39, 0.29) is 11.8 Å². The summed E-state index contributed by atoms with van der Waals surface area (Å²) < 4.78 is 1.83. The number of carbonyl (C=O) groups excluding carboxylic acids is 1. The van der Waals surface area contributed by atoms with E-state index in [0.29, 0.717) is 6.42 Å². The second kappa shape index (κ2) is 5.82. The summed E-state index contributed by atoms with van der Waals surface area (Å²) in [7, 11) is 1.91. The van der Waals surface area contributed by atoms with Crippen molar-refractivity contribution < 1.29 is 4.79 Å². The predicted octanol–water partition coefficient (Wildman–Crippen LogP) is 1.81. The molecule has 2 heterocycles. The van der Waals surface area contributed by atoms with Crippen molar-refractivity contribution in [2.75, 3.05) is 0 Å². The van der Waals surface area contributed by atoms with Crippen LogP contribution in [0.3, 0.4) is 0 Å². The molecule has 0 aliphatic carbocycles. The highest BCUT2D eigenvalue weighted by Crippen LogP contribution is 2.17. The molecule has 21 heavy (non-hydrogen) atoms. The van der Waals surface area contributed by atoms with Crippen LogP contribution < -0.4 is 5.32 Å². The summed E-state index contributed by atoms with van der Waals surface area (Å²) in [5.41, 5.74) is 4.63. The minimum atomic E-state index is -0.0834. The molecule has 4 heteroatoms. The van der Waals surface area contributed by atoms with E-state index in [1.54, 1.807) is 0 Å². The number of nitrogens with zero attached hydrogens (tertiary/aromatic N) is 2. The van der Waals surface area contributed by atoms with Gasteiger partial charge in [-0.1, -0.05) is 31.2 Å². The lowest BCUT2D eigenvalue weighted by atomic mass is 9.92. The van der Waals surface area contributed by atoms with E-state index < -0.39 is 0 Å². The number of Topliss-reactive ketones (excluding diaryl/α,β-unsaturated/α-hetero) is 1. The van der Waals surface area contributed by atoms with Gasteiger partial charge >= 0.3 is 0 Å². The summed E-state index contributed by atoms with van der Waals surface area (Å²) in [5, 5.41) is 7.76. The van der Waals surface area contributed by atoms with Gasteiger partial charge in [-0.2, -0.15) is 5.10 Å². The molecule has 2 aromatic rings. The molecule has 0 saturated carbocycles. The Hall–Kier alpha value is -1.94. The average Bonchev–Trinajstić information content (AvgIpc) is 2.87. The first kappa shape index (κ1) is 14.0. The van der Waals surface area contributed by atoms with Crippen molar-refractivity contribution in [3.05, 3.63) is 52.8 Å². The average molecular weight is 283 g/mol. The van der Waals surface area contributed by atoms with E-state index in [9.17, 15) is 4.79 Å². The summed E-state index contributed by atoms with van der Waals surface area (Å²) in [6, 6.07) is 10.3. The van der Waals surface area contributed by atoms with Crippen molar-refractivity contribution in [1.82, 2.24) is 15.1 Å². The molecule has 1 atom stereocenters. The third-order valence-electron chi connectivity index (χ3n) is 4.21. The van der Waals surface area contributed by atoms with E-state index in [4.69, 9.17) is 0 Å². The Morgan fingerprint density at radius 2 is 2.14 bits per heavy atom. The SMILES string of the molecule is CCc1cc(CC(=O)C2Cc3ccccc3CN2)n(C)n1.